The van der Waals surface area contributed by atoms with Gasteiger partial charge in [0.25, 0.3) is 0 Å². The Morgan fingerprint density at radius 1 is 0.714 bits per heavy atom. The SMILES string of the molecule is COC(=O)C1(C)OC(C)(O)C(C)(OC(C)=O)C(C)(OC(C)=O)C1(C)OC(C)=O. The molecule has 1 aliphatic rings. The van der Waals surface area contributed by atoms with E-state index in [0.29, 0.717) is 0 Å². The average molecular weight is 404 g/mol. The molecule has 0 aromatic rings. The number of rotatable bonds is 4. The van der Waals surface area contributed by atoms with Gasteiger partial charge >= 0.3 is 23.9 Å². The van der Waals surface area contributed by atoms with E-state index in [-0.39, 0.29) is 0 Å². The Bertz CT molecular complexity index is 700. The van der Waals surface area contributed by atoms with E-state index in [1.54, 1.807) is 0 Å². The molecule has 1 heterocycles. The fourth-order valence-corrected chi connectivity index (χ4v) is 3.82. The fraction of sp³-hybridized carbons (Fsp3) is 0.778. The second kappa shape index (κ2) is 7.00. The zero-order valence-electron chi connectivity index (χ0n) is 17.6. The summed E-state index contributed by atoms with van der Waals surface area (Å²) >= 11 is 0. The smallest absolute Gasteiger partial charge is 0.342 e. The highest BCUT2D eigenvalue weighted by molar-refractivity contribution is 5.83. The van der Waals surface area contributed by atoms with Crippen LogP contribution >= 0.6 is 0 Å². The first-order valence-corrected chi connectivity index (χ1v) is 8.54. The van der Waals surface area contributed by atoms with Crippen molar-refractivity contribution >= 4 is 23.9 Å². The van der Waals surface area contributed by atoms with Crippen molar-refractivity contribution in [1.29, 1.82) is 0 Å². The van der Waals surface area contributed by atoms with Crippen LogP contribution in [0.3, 0.4) is 0 Å². The van der Waals surface area contributed by atoms with Gasteiger partial charge < -0.3 is 28.8 Å². The van der Waals surface area contributed by atoms with E-state index in [9.17, 15) is 24.3 Å². The first kappa shape index (κ1) is 23.8. The van der Waals surface area contributed by atoms with Gasteiger partial charge in [0.2, 0.25) is 17.0 Å². The molecule has 0 spiro atoms. The molecule has 1 fully saturated rings. The minimum Gasteiger partial charge on any atom is -0.467 e. The van der Waals surface area contributed by atoms with Crippen molar-refractivity contribution in [1.82, 2.24) is 0 Å². The highest BCUT2D eigenvalue weighted by Gasteiger charge is 2.82. The molecule has 5 atom stereocenters. The molecule has 0 bridgehead atoms. The second-order valence-electron chi connectivity index (χ2n) is 7.49. The number of esters is 4. The first-order valence-electron chi connectivity index (χ1n) is 8.54. The van der Waals surface area contributed by atoms with Crippen molar-refractivity contribution in [2.45, 2.75) is 83.6 Å². The zero-order chi connectivity index (χ0) is 22.3. The standard InChI is InChI=1S/C18H28O10/c1-10(19)25-15(5)14(4,13(22)24-9)28-18(8,23)17(7,27-12(3)21)16(15,6)26-11(2)20/h23H,1-9H3. The minimum atomic E-state index is -2.37. The van der Waals surface area contributed by atoms with Crippen LogP contribution in [0, 0.1) is 0 Å². The first-order chi connectivity index (χ1) is 12.4. The Kier molecular flexibility index (Phi) is 5.96. The second-order valence-corrected chi connectivity index (χ2v) is 7.49. The highest BCUT2D eigenvalue weighted by atomic mass is 16.7. The van der Waals surface area contributed by atoms with Crippen LogP contribution in [-0.2, 0) is 42.9 Å². The molecule has 0 amide bonds. The van der Waals surface area contributed by atoms with Crippen LogP contribution < -0.4 is 0 Å². The van der Waals surface area contributed by atoms with Crippen molar-refractivity contribution in [3.63, 3.8) is 0 Å². The Labute approximate surface area is 163 Å². The maximum atomic E-state index is 12.7. The normalized spacial score (nSPS) is 40.2. The molecule has 0 aromatic heterocycles. The summed E-state index contributed by atoms with van der Waals surface area (Å²) in [6.07, 6.45) is 0. The monoisotopic (exact) mass is 404 g/mol. The number of hydrogen-bond donors (Lipinski definition) is 1. The molecular weight excluding hydrogens is 376 g/mol. The predicted molar refractivity (Wildman–Crippen MR) is 92.6 cm³/mol. The van der Waals surface area contributed by atoms with E-state index < -0.39 is 52.1 Å². The summed E-state index contributed by atoms with van der Waals surface area (Å²) in [5.74, 6) is -5.90. The number of carbonyl (C=O) groups is 4. The van der Waals surface area contributed by atoms with Gasteiger partial charge in [0, 0.05) is 20.8 Å². The van der Waals surface area contributed by atoms with Gasteiger partial charge in [-0.2, -0.15) is 0 Å². The van der Waals surface area contributed by atoms with E-state index in [0.717, 1.165) is 34.8 Å². The zero-order valence-corrected chi connectivity index (χ0v) is 17.6. The van der Waals surface area contributed by atoms with Crippen LogP contribution in [0.5, 0.6) is 0 Å². The molecule has 0 saturated carbocycles. The molecule has 10 heteroatoms. The van der Waals surface area contributed by atoms with Crippen LogP contribution in [0.15, 0.2) is 0 Å². The number of ether oxygens (including phenoxy) is 5. The van der Waals surface area contributed by atoms with Crippen molar-refractivity contribution < 1.29 is 48.0 Å². The third kappa shape index (κ3) is 3.14. The number of carbonyl (C=O) groups excluding carboxylic acids is 4. The molecular formula is C18H28O10. The van der Waals surface area contributed by atoms with Crippen LogP contribution in [0.25, 0.3) is 0 Å². The van der Waals surface area contributed by atoms with Crippen LogP contribution in [0.2, 0.25) is 0 Å². The van der Waals surface area contributed by atoms with Gasteiger partial charge in [-0.25, -0.2) is 4.79 Å². The topological polar surface area (TPSA) is 135 Å². The summed E-state index contributed by atoms with van der Waals surface area (Å²) in [4.78, 5) is 48.4. The quantitative estimate of drug-likeness (QED) is 0.525. The van der Waals surface area contributed by atoms with Gasteiger partial charge in [-0.3, -0.25) is 14.4 Å². The maximum absolute atomic E-state index is 12.7. The Balaban J connectivity index is 4.02. The number of methoxy groups -OCH3 is 1. The third-order valence-corrected chi connectivity index (χ3v) is 5.64. The molecule has 28 heavy (non-hydrogen) atoms. The molecule has 1 aliphatic heterocycles. The lowest BCUT2D eigenvalue weighted by Crippen LogP contribution is -2.87. The Morgan fingerprint density at radius 2 is 1.07 bits per heavy atom. The lowest BCUT2D eigenvalue weighted by molar-refractivity contribution is -0.437. The van der Waals surface area contributed by atoms with E-state index in [1.165, 1.54) is 27.7 Å². The van der Waals surface area contributed by atoms with E-state index >= 15 is 0 Å². The van der Waals surface area contributed by atoms with E-state index in [1.807, 2.05) is 0 Å². The fourth-order valence-electron chi connectivity index (χ4n) is 3.82. The number of aliphatic hydroxyl groups is 1. The van der Waals surface area contributed by atoms with Crippen LogP contribution in [0.1, 0.15) is 55.4 Å². The van der Waals surface area contributed by atoms with Gasteiger partial charge in [-0.05, 0) is 34.6 Å². The average Bonchev–Trinajstić information content (AvgIpc) is 2.49. The molecule has 1 saturated heterocycles. The molecule has 5 unspecified atom stereocenters. The Hall–Kier alpha value is -2.20. The van der Waals surface area contributed by atoms with Crippen molar-refractivity contribution in [3.8, 4) is 0 Å². The van der Waals surface area contributed by atoms with Gasteiger partial charge in [0.05, 0.1) is 7.11 Å². The van der Waals surface area contributed by atoms with Crippen LogP contribution in [0.4, 0.5) is 0 Å². The molecule has 0 aromatic carbocycles. The summed E-state index contributed by atoms with van der Waals surface area (Å²) in [6, 6.07) is 0. The van der Waals surface area contributed by atoms with Gasteiger partial charge in [0.1, 0.15) is 0 Å². The number of hydrogen-bond acceptors (Lipinski definition) is 10. The van der Waals surface area contributed by atoms with Crippen molar-refractivity contribution in [2.75, 3.05) is 7.11 Å². The molecule has 160 valence electrons. The summed E-state index contributed by atoms with van der Waals surface area (Å²) in [5.41, 5.74) is -8.43. The van der Waals surface area contributed by atoms with Crippen molar-refractivity contribution in [3.05, 3.63) is 0 Å². The molecule has 0 aliphatic carbocycles. The third-order valence-electron chi connectivity index (χ3n) is 5.64. The summed E-state index contributed by atoms with van der Waals surface area (Å²) in [5, 5.41) is 11.1. The van der Waals surface area contributed by atoms with Crippen molar-refractivity contribution in [2.24, 2.45) is 0 Å². The molecule has 1 rings (SSSR count). The van der Waals surface area contributed by atoms with Gasteiger partial charge in [0.15, 0.2) is 11.2 Å². The van der Waals surface area contributed by atoms with Gasteiger partial charge in [-0.15, -0.1) is 0 Å². The lowest BCUT2D eigenvalue weighted by Gasteiger charge is -2.65. The summed E-state index contributed by atoms with van der Waals surface area (Å²) < 4.78 is 26.8. The lowest BCUT2D eigenvalue weighted by atomic mass is 9.60. The van der Waals surface area contributed by atoms with Gasteiger partial charge in [-0.1, -0.05) is 0 Å². The van der Waals surface area contributed by atoms with Crippen LogP contribution in [-0.4, -0.2) is 64.3 Å². The maximum Gasteiger partial charge on any atom is 0.342 e. The summed E-state index contributed by atoms with van der Waals surface area (Å²) in [6.45, 7) is 9.37. The molecule has 1 N–H and O–H groups in total. The van der Waals surface area contributed by atoms with E-state index in [4.69, 9.17) is 23.7 Å². The molecule has 0 radical (unpaired) electrons. The highest BCUT2D eigenvalue weighted by Crippen LogP contribution is 2.58. The largest absolute Gasteiger partial charge is 0.467 e. The predicted octanol–water partition coefficient (Wildman–Crippen LogP) is 0.622. The minimum absolute atomic E-state index is 0.836. The van der Waals surface area contributed by atoms with E-state index in [2.05, 4.69) is 0 Å². The molecule has 10 nitrogen and oxygen atoms in total. The Morgan fingerprint density at radius 3 is 1.43 bits per heavy atom. The summed E-state index contributed by atoms with van der Waals surface area (Å²) in [7, 11) is 1.07.